The summed E-state index contributed by atoms with van der Waals surface area (Å²) in [6.07, 6.45) is 3.11. The number of nitro benzene ring substituents is 1. The monoisotopic (exact) mass is 565 g/mol. The molecule has 0 aliphatic heterocycles. The van der Waals surface area contributed by atoms with Gasteiger partial charge in [0.1, 0.15) is 0 Å². The van der Waals surface area contributed by atoms with Crippen LogP contribution >= 0.6 is 0 Å². The fourth-order valence-corrected chi connectivity index (χ4v) is 7.19. The highest BCUT2D eigenvalue weighted by molar-refractivity contribution is 7.90. The predicted molar refractivity (Wildman–Crippen MR) is 151 cm³/mol. The number of nitrogens with one attached hydrogen (secondary N) is 1. The highest BCUT2D eigenvalue weighted by Gasteiger charge is 2.30. The van der Waals surface area contributed by atoms with Crippen molar-refractivity contribution in [2.45, 2.75) is 36.1 Å². The van der Waals surface area contributed by atoms with Gasteiger partial charge in [0.05, 0.1) is 21.4 Å². The first-order valence-electron chi connectivity index (χ1n) is 11.9. The van der Waals surface area contributed by atoms with Crippen LogP contribution in [-0.4, -0.2) is 25.7 Å². The van der Waals surface area contributed by atoms with Crippen LogP contribution in [0.1, 0.15) is 36.1 Å². The van der Waals surface area contributed by atoms with E-state index in [1.54, 1.807) is 37.3 Å². The Hall–Kier alpha value is -4.06. The van der Waals surface area contributed by atoms with Crippen molar-refractivity contribution >= 4 is 42.7 Å². The standard InChI is InChI=1S/C28H27N3O6S2/c1-5-21-18-30(39(36,37)22-15-13-20(4)14-16-22)26-11-8-9-23(28(21)26)24(17-19(2)3)29-38(34,35)27-12-7-6-10-25(27)31(32)33/h5-16,18,24,29H,1-2,17H2,3-4H3/t24-/m1/s1. The van der Waals surface area contributed by atoms with Crippen molar-refractivity contribution < 1.29 is 21.8 Å². The van der Waals surface area contributed by atoms with Crippen molar-refractivity contribution in [1.82, 2.24) is 8.69 Å². The van der Waals surface area contributed by atoms with E-state index in [1.165, 1.54) is 42.6 Å². The van der Waals surface area contributed by atoms with Crippen LogP contribution in [0.25, 0.3) is 17.0 Å². The Bertz CT molecular complexity index is 1820. The normalized spacial score (nSPS) is 12.8. The summed E-state index contributed by atoms with van der Waals surface area (Å²) < 4.78 is 57.8. The first-order valence-corrected chi connectivity index (χ1v) is 14.8. The van der Waals surface area contributed by atoms with Crippen molar-refractivity contribution in [1.29, 1.82) is 0 Å². The molecule has 0 spiro atoms. The van der Waals surface area contributed by atoms with E-state index in [2.05, 4.69) is 17.9 Å². The van der Waals surface area contributed by atoms with Gasteiger partial charge in [-0.2, -0.15) is 0 Å². The Kier molecular flexibility index (Phi) is 7.60. The van der Waals surface area contributed by atoms with Crippen LogP contribution in [0.4, 0.5) is 5.69 Å². The molecule has 1 atom stereocenters. The van der Waals surface area contributed by atoms with Gasteiger partial charge in [0.2, 0.25) is 10.0 Å². The topological polar surface area (TPSA) is 128 Å². The van der Waals surface area contributed by atoms with Crippen LogP contribution in [-0.2, 0) is 20.0 Å². The molecular weight excluding hydrogens is 538 g/mol. The molecule has 0 amide bonds. The number of aryl methyl sites for hydroxylation is 1. The van der Waals surface area contributed by atoms with Crippen LogP contribution in [0.5, 0.6) is 0 Å². The van der Waals surface area contributed by atoms with E-state index >= 15 is 0 Å². The molecule has 0 saturated carbocycles. The molecule has 1 heterocycles. The molecule has 0 bridgehead atoms. The lowest BCUT2D eigenvalue weighted by molar-refractivity contribution is -0.387. The minimum Gasteiger partial charge on any atom is -0.258 e. The van der Waals surface area contributed by atoms with Crippen LogP contribution in [0.3, 0.4) is 0 Å². The van der Waals surface area contributed by atoms with Gasteiger partial charge in [-0.05, 0) is 50.1 Å². The first-order chi connectivity index (χ1) is 18.4. The lowest BCUT2D eigenvalue weighted by atomic mass is 9.96. The molecular formula is C28H27N3O6S2. The van der Waals surface area contributed by atoms with E-state index in [9.17, 15) is 26.9 Å². The molecule has 4 aromatic rings. The highest BCUT2D eigenvalue weighted by Crippen LogP contribution is 2.36. The minimum atomic E-state index is -4.37. The summed E-state index contributed by atoms with van der Waals surface area (Å²) in [4.78, 5) is 10.4. The van der Waals surface area contributed by atoms with Crippen molar-refractivity contribution in [3.63, 3.8) is 0 Å². The quantitative estimate of drug-likeness (QED) is 0.149. The number of para-hydroxylation sites is 1. The van der Waals surface area contributed by atoms with Gasteiger partial charge in [-0.25, -0.2) is 25.5 Å². The van der Waals surface area contributed by atoms with E-state index in [1.807, 2.05) is 6.92 Å². The second-order valence-corrected chi connectivity index (χ2v) is 12.7. The third-order valence-corrected chi connectivity index (χ3v) is 9.44. The maximum atomic E-state index is 13.6. The summed E-state index contributed by atoms with van der Waals surface area (Å²) in [6.45, 7) is 11.3. The third-order valence-electron chi connectivity index (χ3n) is 6.23. The summed E-state index contributed by atoms with van der Waals surface area (Å²) in [6, 6.07) is 15.6. The number of aromatic nitrogens is 1. The SMILES string of the molecule is C=Cc1cn(S(=O)(=O)c2ccc(C)cc2)c2cccc([C@@H](CC(=C)C)NS(=O)(=O)c3ccccc3[N+](=O)[O-])c12. The average Bonchev–Trinajstić information content (AvgIpc) is 3.28. The number of nitrogens with zero attached hydrogens (tertiary/aromatic N) is 2. The summed E-state index contributed by atoms with van der Waals surface area (Å²) in [5, 5.41) is 12.0. The minimum absolute atomic E-state index is 0.0987. The van der Waals surface area contributed by atoms with Crippen LogP contribution in [0.2, 0.25) is 0 Å². The zero-order valence-corrected chi connectivity index (χ0v) is 23.0. The second kappa shape index (κ2) is 10.6. The molecule has 202 valence electrons. The zero-order valence-electron chi connectivity index (χ0n) is 21.4. The van der Waals surface area contributed by atoms with E-state index in [0.717, 1.165) is 15.6 Å². The summed E-state index contributed by atoms with van der Waals surface area (Å²) >= 11 is 0. The van der Waals surface area contributed by atoms with Crippen molar-refractivity contribution in [2.75, 3.05) is 0 Å². The molecule has 0 aliphatic rings. The van der Waals surface area contributed by atoms with Crippen molar-refractivity contribution in [2.24, 2.45) is 0 Å². The number of hydrogen-bond donors (Lipinski definition) is 1. The molecule has 1 aromatic heterocycles. The number of rotatable bonds is 10. The Labute approximate surface area is 227 Å². The van der Waals surface area contributed by atoms with Gasteiger partial charge in [-0.1, -0.05) is 60.2 Å². The summed E-state index contributed by atoms with van der Waals surface area (Å²) in [5.74, 6) is 0. The molecule has 11 heteroatoms. The van der Waals surface area contributed by atoms with E-state index in [0.29, 0.717) is 27.6 Å². The van der Waals surface area contributed by atoms with E-state index in [4.69, 9.17) is 0 Å². The summed E-state index contributed by atoms with van der Waals surface area (Å²) in [5.41, 5.74) is 2.29. The molecule has 9 nitrogen and oxygen atoms in total. The van der Waals surface area contributed by atoms with E-state index < -0.39 is 41.6 Å². The van der Waals surface area contributed by atoms with Gasteiger partial charge in [-0.3, -0.25) is 10.1 Å². The molecule has 0 aliphatic carbocycles. The Morgan fingerprint density at radius 2 is 1.72 bits per heavy atom. The Balaban J connectivity index is 1.91. The van der Waals surface area contributed by atoms with Crippen LogP contribution in [0.15, 0.2) is 101 Å². The molecule has 3 aromatic carbocycles. The number of sulfonamides is 1. The van der Waals surface area contributed by atoms with Crippen molar-refractivity contribution in [3.05, 3.63) is 118 Å². The molecule has 39 heavy (non-hydrogen) atoms. The fraction of sp³-hybridized carbons (Fsp3) is 0.143. The predicted octanol–water partition coefficient (Wildman–Crippen LogP) is 5.72. The number of hydrogen-bond acceptors (Lipinski definition) is 6. The van der Waals surface area contributed by atoms with Gasteiger partial charge in [0, 0.05) is 23.2 Å². The molecule has 0 fully saturated rings. The number of benzene rings is 3. The van der Waals surface area contributed by atoms with Crippen LogP contribution in [0, 0.1) is 17.0 Å². The molecule has 0 saturated heterocycles. The first kappa shape index (κ1) is 28.0. The molecule has 4 rings (SSSR count). The van der Waals surface area contributed by atoms with Crippen LogP contribution < -0.4 is 4.72 Å². The summed E-state index contributed by atoms with van der Waals surface area (Å²) in [7, 11) is -8.36. The Morgan fingerprint density at radius 1 is 1.05 bits per heavy atom. The largest absolute Gasteiger partial charge is 0.289 e. The molecule has 1 N–H and O–H groups in total. The lowest BCUT2D eigenvalue weighted by Crippen LogP contribution is -2.29. The van der Waals surface area contributed by atoms with Gasteiger partial charge < -0.3 is 0 Å². The lowest BCUT2D eigenvalue weighted by Gasteiger charge is -2.21. The average molecular weight is 566 g/mol. The van der Waals surface area contributed by atoms with Gasteiger partial charge in [0.25, 0.3) is 15.7 Å². The smallest absolute Gasteiger partial charge is 0.258 e. The molecule has 0 unspecified atom stereocenters. The second-order valence-electron chi connectivity index (χ2n) is 9.20. The van der Waals surface area contributed by atoms with Gasteiger partial charge in [-0.15, -0.1) is 6.58 Å². The van der Waals surface area contributed by atoms with Gasteiger partial charge in [0.15, 0.2) is 4.90 Å². The van der Waals surface area contributed by atoms with Gasteiger partial charge >= 0.3 is 0 Å². The number of nitro groups is 1. The highest BCUT2D eigenvalue weighted by atomic mass is 32.2. The maximum Gasteiger partial charge on any atom is 0.289 e. The Morgan fingerprint density at radius 3 is 2.33 bits per heavy atom. The zero-order chi connectivity index (χ0) is 28.5. The third kappa shape index (κ3) is 5.42. The number of fused-ring (bicyclic) bond motifs is 1. The molecule has 0 radical (unpaired) electrons. The maximum absolute atomic E-state index is 13.6. The van der Waals surface area contributed by atoms with E-state index in [-0.39, 0.29) is 11.3 Å². The fourth-order valence-electron chi connectivity index (χ4n) is 4.43. The van der Waals surface area contributed by atoms with Crippen molar-refractivity contribution in [3.8, 4) is 0 Å².